The van der Waals surface area contributed by atoms with Gasteiger partial charge in [0, 0.05) is 11.4 Å². The fraction of sp³-hybridized carbons (Fsp3) is 0.294. The van der Waals surface area contributed by atoms with Gasteiger partial charge in [0.25, 0.3) is 0 Å². The Bertz CT molecular complexity index is 746. The van der Waals surface area contributed by atoms with Gasteiger partial charge in [-0.1, -0.05) is 43.8 Å². The summed E-state index contributed by atoms with van der Waals surface area (Å²) in [6, 6.07) is 12.1. The van der Waals surface area contributed by atoms with Crippen molar-refractivity contribution in [2.24, 2.45) is 5.92 Å². The van der Waals surface area contributed by atoms with Gasteiger partial charge in [0.05, 0.1) is 11.8 Å². The number of nitrogens with zero attached hydrogens (tertiary/aromatic N) is 3. The summed E-state index contributed by atoms with van der Waals surface area (Å²) in [5.41, 5.74) is 2.04. The van der Waals surface area contributed by atoms with Crippen molar-refractivity contribution in [3.8, 4) is 17.1 Å². The molecule has 0 amide bonds. The molecule has 114 valence electrons. The van der Waals surface area contributed by atoms with Gasteiger partial charge in [0.15, 0.2) is 11.0 Å². The van der Waals surface area contributed by atoms with E-state index in [9.17, 15) is 0 Å². The number of furan rings is 1. The molecular weight excluding hydrogens is 294 g/mol. The molecule has 0 fully saturated rings. The first-order chi connectivity index (χ1) is 10.7. The minimum absolute atomic E-state index is 0.602. The highest BCUT2D eigenvalue weighted by Crippen LogP contribution is 2.30. The Labute approximate surface area is 134 Å². The Balaban J connectivity index is 2.09. The lowest BCUT2D eigenvalue weighted by molar-refractivity contribution is 0.535. The minimum Gasteiger partial charge on any atom is -0.469 e. The Kier molecular flexibility index (Phi) is 4.34. The van der Waals surface area contributed by atoms with E-state index in [-0.39, 0.29) is 0 Å². The number of para-hydroxylation sites is 1. The van der Waals surface area contributed by atoms with E-state index in [0.717, 1.165) is 33.7 Å². The van der Waals surface area contributed by atoms with Crippen molar-refractivity contribution < 1.29 is 4.42 Å². The molecule has 22 heavy (non-hydrogen) atoms. The van der Waals surface area contributed by atoms with Crippen LogP contribution in [0.2, 0.25) is 0 Å². The van der Waals surface area contributed by atoms with Crippen molar-refractivity contribution in [3.63, 3.8) is 0 Å². The van der Waals surface area contributed by atoms with Crippen molar-refractivity contribution in [2.75, 3.05) is 5.75 Å². The smallest absolute Gasteiger partial charge is 0.196 e. The van der Waals surface area contributed by atoms with Crippen molar-refractivity contribution in [3.05, 3.63) is 48.4 Å². The SMILES string of the molecule is Cc1occc1-c1nnc(SCC(C)C)n1-c1ccccc1. The second kappa shape index (κ2) is 6.40. The number of hydrogen-bond acceptors (Lipinski definition) is 4. The molecule has 0 bridgehead atoms. The van der Waals surface area contributed by atoms with Crippen LogP contribution in [0.25, 0.3) is 17.1 Å². The third-order valence-electron chi connectivity index (χ3n) is 3.29. The van der Waals surface area contributed by atoms with Crippen LogP contribution in [0.5, 0.6) is 0 Å². The first-order valence-corrected chi connectivity index (χ1v) is 8.33. The molecule has 2 aromatic heterocycles. The highest BCUT2D eigenvalue weighted by molar-refractivity contribution is 7.99. The number of benzene rings is 1. The molecule has 0 spiro atoms. The number of hydrogen-bond donors (Lipinski definition) is 0. The van der Waals surface area contributed by atoms with E-state index in [1.54, 1.807) is 18.0 Å². The molecule has 0 saturated heterocycles. The first-order valence-electron chi connectivity index (χ1n) is 7.35. The van der Waals surface area contributed by atoms with Gasteiger partial charge in [-0.2, -0.15) is 0 Å². The first kappa shape index (κ1) is 14.9. The molecule has 0 radical (unpaired) electrons. The third-order valence-corrected chi connectivity index (χ3v) is 4.65. The highest BCUT2D eigenvalue weighted by Gasteiger charge is 2.18. The summed E-state index contributed by atoms with van der Waals surface area (Å²) in [6.45, 7) is 6.36. The van der Waals surface area contributed by atoms with Gasteiger partial charge in [0.2, 0.25) is 0 Å². The average molecular weight is 313 g/mol. The van der Waals surface area contributed by atoms with Crippen molar-refractivity contribution >= 4 is 11.8 Å². The van der Waals surface area contributed by atoms with Crippen molar-refractivity contribution in [1.29, 1.82) is 0 Å². The molecule has 0 aliphatic heterocycles. The fourth-order valence-electron chi connectivity index (χ4n) is 2.21. The average Bonchev–Trinajstić information content (AvgIpc) is 3.11. The Morgan fingerprint density at radius 2 is 1.91 bits per heavy atom. The van der Waals surface area contributed by atoms with Crippen LogP contribution >= 0.6 is 11.8 Å². The third kappa shape index (κ3) is 2.95. The molecule has 5 heteroatoms. The zero-order valence-electron chi connectivity index (χ0n) is 13.0. The number of thioether (sulfide) groups is 1. The van der Waals surface area contributed by atoms with Gasteiger partial charge >= 0.3 is 0 Å². The second-order valence-corrected chi connectivity index (χ2v) is 6.56. The standard InChI is InChI=1S/C17H19N3OS/c1-12(2)11-22-17-19-18-16(15-9-10-21-13(15)3)20(17)14-7-5-4-6-8-14/h4-10,12H,11H2,1-3H3. The fourth-order valence-corrected chi connectivity index (χ4v) is 3.11. The summed E-state index contributed by atoms with van der Waals surface area (Å²) in [5.74, 6) is 3.29. The molecule has 3 aromatic rings. The van der Waals surface area contributed by atoms with E-state index in [1.165, 1.54) is 0 Å². The summed E-state index contributed by atoms with van der Waals surface area (Å²) >= 11 is 1.73. The highest BCUT2D eigenvalue weighted by atomic mass is 32.2. The maximum Gasteiger partial charge on any atom is 0.196 e. The molecule has 3 rings (SSSR count). The summed E-state index contributed by atoms with van der Waals surface area (Å²) < 4.78 is 7.53. The van der Waals surface area contributed by atoms with E-state index in [0.29, 0.717) is 5.92 Å². The second-order valence-electron chi connectivity index (χ2n) is 5.57. The molecule has 1 aromatic carbocycles. The molecule has 0 saturated carbocycles. The zero-order valence-corrected chi connectivity index (χ0v) is 13.8. The molecule has 0 unspecified atom stereocenters. The predicted molar refractivity (Wildman–Crippen MR) is 89.4 cm³/mol. The van der Waals surface area contributed by atoms with E-state index in [4.69, 9.17) is 4.42 Å². The Hall–Kier alpha value is -2.01. The van der Waals surface area contributed by atoms with Crippen LogP contribution in [-0.4, -0.2) is 20.5 Å². The quantitative estimate of drug-likeness (QED) is 0.646. The molecule has 2 heterocycles. The molecule has 4 nitrogen and oxygen atoms in total. The van der Waals surface area contributed by atoms with Gasteiger partial charge in [-0.25, -0.2) is 0 Å². The van der Waals surface area contributed by atoms with Gasteiger partial charge in [0.1, 0.15) is 5.76 Å². The van der Waals surface area contributed by atoms with Gasteiger partial charge in [-0.05, 0) is 31.0 Å². The zero-order chi connectivity index (χ0) is 15.5. The monoisotopic (exact) mass is 313 g/mol. The predicted octanol–water partition coefficient (Wildman–Crippen LogP) is 4.58. The largest absolute Gasteiger partial charge is 0.469 e. The van der Waals surface area contributed by atoms with Crippen LogP contribution in [0.15, 0.2) is 52.2 Å². The molecule has 0 atom stereocenters. The summed E-state index contributed by atoms with van der Waals surface area (Å²) in [6.07, 6.45) is 1.69. The lowest BCUT2D eigenvalue weighted by Gasteiger charge is -2.10. The van der Waals surface area contributed by atoms with Gasteiger partial charge in [-0.15, -0.1) is 10.2 Å². The normalized spacial score (nSPS) is 11.3. The van der Waals surface area contributed by atoms with Crippen LogP contribution in [-0.2, 0) is 0 Å². The van der Waals surface area contributed by atoms with E-state index in [1.807, 2.05) is 31.2 Å². The molecular formula is C17H19N3OS. The van der Waals surface area contributed by atoms with Crippen LogP contribution in [0, 0.1) is 12.8 Å². The van der Waals surface area contributed by atoms with Crippen molar-refractivity contribution in [2.45, 2.75) is 25.9 Å². The van der Waals surface area contributed by atoms with E-state index < -0.39 is 0 Å². The molecule has 0 aliphatic rings. The van der Waals surface area contributed by atoms with Crippen LogP contribution in [0.1, 0.15) is 19.6 Å². The Morgan fingerprint density at radius 1 is 1.14 bits per heavy atom. The van der Waals surface area contributed by atoms with Crippen LogP contribution in [0.4, 0.5) is 0 Å². The van der Waals surface area contributed by atoms with Gasteiger partial charge < -0.3 is 4.42 Å². The number of rotatable bonds is 5. The number of aromatic nitrogens is 3. The lowest BCUT2D eigenvalue weighted by atomic mass is 10.2. The Morgan fingerprint density at radius 3 is 2.55 bits per heavy atom. The van der Waals surface area contributed by atoms with E-state index >= 15 is 0 Å². The summed E-state index contributed by atoms with van der Waals surface area (Å²) in [4.78, 5) is 0. The topological polar surface area (TPSA) is 43.9 Å². The summed E-state index contributed by atoms with van der Waals surface area (Å²) in [7, 11) is 0. The van der Waals surface area contributed by atoms with Crippen molar-refractivity contribution in [1.82, 2.24) is 14.8 Å². The maximum atomic E-state index is 5.43. The summed E-state index contributed by atoms with van der Waals surface area (Å²) in [5, 5.41) is 9.71. The van der Waals surface area contributed by atoms with Crippen LogP contribution in [0.3, 0.4) is 0 Å². The molecule has 0 N–H and O–H groups in total. The van der Waals surface area contributed by atoms with Crippen LogP contribution < -0.4 is 0 Å². The maximum absolute atomic E-state index is 5.43. The minimum atomic E-state index is 0.602. The molecule has 0 aliphatic carbocycles. The lowest BCUT2D eigenvalue weighted by Crippen LogP contribution is -2.01. The van der Waals surface area contributed by atoms with E-state index in [2.05, 4.69) is 40.7 Å². The number of aryl methyl sites for hydroxylation is 1. The van der Waals surface area contributed by atoms with Gasteiger partial charge in [-0.3, -0.25) is 4.57 Å².